The van der Waals surface area contributed by atoms with Crippen LogP contribution in [0, 0.1) is 13.8 Å². The molecule has 6 heteroatoms. The van der Waals surface area contributed by atoms with Gasteiger partial charge >= 0.3 is 0 Å². The van der Waals surface area contributed by atoms with Crippen LogP contribution in [0.5, 0.6) is 0 Å². The van der Waals surface area contributed by atoms with Crippen LogP contribution in [-0.4, -0.2) is 19.9 Å². The van der Waals surface area contributed by atoms with Gasteiger partial charge in [0.2, 0.25) is 5.52 Å². The van der Waals surface area contributed by atoms with Gasteiger partial charge in [-0.15, -0.1) is 0 Å². The van der Waals surface area contributed by atoms with Gasteiger partial charge in [-0.2, -0.15) is 4.57 Å². The minimum atomic E-state index is -0.403. The average molecular weight is 443 g/mol. The van der Waals surface area contributed by atoms with E-state index in [2.05, 4.69) is 62.4 Å². The highest BCUT2D eigenvalue weighted by molar-refractivity contribution is 8.03. The van der Waals surface area contributed by atoms with Crippen LogP contribution in [0.1, 0.15) is 23.1 Å². The number of thiazole rings is 1. The molecule has 0 saturated heterocycles. The lowest BCUT2D eigenvalue weighted by molar-refractivity contribution is -0.668. The van der Waals surface area contributed by atoms with E-state index in [0.29, 0.717) is 13.1 Å². The van der Waals surface area contributed by atoms with Crippen LogP contribution in [0.3, 0.4) is 0 Å². The number of hydrogen-bond donors (Lipinski definition) is 0. The van der Waals surface area contributed by atoms with Gasteiger partial charge < -0.3 is 4.90 Å². The summed E-state index contributed by atoms with van der Waals surface area (Å²) in [5.41, 5.74) is 5.53. The molecular formula is C24H25F2N2S2+. The average Bonchev–Trinajstić information content (AvgIpc) is 3.20. The summed E-state index contributed by atoms with van der Waals surface area (Å²) >= 11 is 3.34. The Bertz CT molecular complexity index is 1150. The van der Waals surface area contributed by atoms with Crippen LogP contribution in [0.25, 0.3) is 16.3 Å². The summed E-state index contributed by atoms with van der Waals surface area (Å²) in [6.45, 7) is 6.03. The Morgan fingerprint density at radius 2 is 1.83 bits per heavy atom. The van der Waals surface area contributed by atoms with Gasteiger partial charge in [-0.25, -0.2) is 8.78 Å². The monoisotopic (exact) mass is 442 g/mol. The molecule has 2 heterocycles. The first-order chi connectivity index (χ1) is 14.5. The van der Waals surface area contributed by atoms with Crippen molar-refractivity contribution in [3.05, 3.63) is 69.2 Å². The lowest BCUT2D eigenvalue weighted by Crippen LogP contribution is -2.36. The summed E-state index contributed by atoms with van der Waals surface area (Å²) in [4.78, 5) is 3.20. The summed E-state index contributed by atoms with van der Waals surface area (Å²) in [6, 6.07) is 12.6. The summed E-state index contributed by atoms with van der Waals surface area (Å²) in [6.07, 6.45) is 4.20. The standard InChI is InChI=1S/C24H25F2N2S2/c1-16-4-6-21-19(12-16)27(10-8-25)23(29-21)14-18(3)15-24-28(11-9-26)20-13-17(2)5-7-22(20)30-24/h4-7,12-15H,8-11H2,1-3H3/q+1/i25-1. The summed E-state index contributed by atoms with van der Waals surface area (Å²) in [5.74, 6) is 0. The van der Waals surface area contributed by atoms with Gasteiger partial charge in [0.05, 0.1) is 17.3 Å². The normalized spacial score (nSPS) is 15.4. The fourth-order valence-corrected chi connectivity index (χ4v) is 6.06. The van der Waals surface area contributed by atoms with E-state index in [9.17, 15) is 8.78 Å². The van der Waals surface area contributed by atoms with Crippen molar-refractivity contribution >= 4 is 45.1 Å². The molecule has 1 aliphatic rings. The molecule has 0 radical (unpaired) electrons. The summed E-state index contributed by atoms with van der Waals surface area (Å²) < 4.78 is 29.7. The van der Waals surface area contributed by atoms with Gasteiger partial charge in [-0.3, -0.25) is 0 Å². The van der Waals surface area contributed by atoms with E-state index in [1.165, 1.54) is 11.1 Å². The second-order valence-electron chi connectivity index (χ2n) is 7.54. The van der Waals surface area contributed by atoms with Crippen LogP contribution in [-0.2, 0) is 6.54 Å². The van der Waals surface area contributed by atoms with Crippen molar-refractivity contribution in [2.24, 2.45) is 0 Å². The van der Waals surface area contributed by atoms with E-state index in [1.54, 1.807) is 23.1 Å². The minimum absolute atomic E-state index is 0.340. The van der Waals surface area contributed by atoms with Gasteiger partial charge in [0.1, 0.15) is 18.0 Å². The number of benzene rings is 2. The lowest BCUT2D eigenvalue weighted by Gasteiger charge is -2.19. The smallest absolute Gasteiger partial charge is 0.263 e. The number of hydrogen-bond acceptors (Lipinski definition) is 3. The third-order valence-corrected chi connectivity index (χ3v) is 7.32. The SMILES string of the molecule is CC(/C=C1\Sc2ccc(C)cc2N1CC[18F])=C\c1sc2ccc(C)cc2[n+]1CCF. The third-order valence-electron chi connectivity index (χ3n) is 5.09. The van der Waals surface area contributed by atoms with E-state index < -0.39 is 13.3 Å². The second kappa shape index (κ2) is 8.90. The van der Waals surface area contributed by atoms with Crippen LogP contribution in [0.2, 0.25) is 0 Å². The van der Waals surface area contributed by atoms with Gasteiger partial charge in [0, 0.05) is 17.0 Å². The van der Waals surface area contributed by atoms with Gasteiger partial charge in [-0.1, -0.05) is 35.2 Å². The predicted molar refractivity (Wildman–Crippen MR) is 125 cm³/mol. The Balaban J connectivity index is 1.72. The van der Waals surface area contributed by atoms with Crippen molar-refractivity contribution in [2.75, 3.05) is 24.8 Å². The van der Waals surface area contributed by atoms with E-state index in [0.717, 1.165) is 36.4 Å². The first-order valence-corrected chi connectivity index (χ1v) is 11.6. The molecule has 0 aliphatic carbocycles. The van der Waals surface area contributed by atoms with Crippen molar-refractivity contribution < 1.29 is 13.3 Å². The van der Waals surface area contributed by atoms with Gasteiger partial charge in [0.25, 0.3) is 5.01 Å². The fourth-order valence-electron chi connectivity index (χ4n) is 3.70. The number of aryl methyl sites for hydroxylation is 3. The lowest BCUT2D eigenvalue weighted by atomic mass is 10.2. The number of alkyl halides is 2. The van der Waals surface area contributed by atoms with Crippen LogP contribution in [0.15, 0.2) is 58.0 Å². The Hall–Kier alpha value is -2.18. The summed E-state index contributed by atoms with van der Waals surface area (Å²) in [5, 5.41) is 2.05. The highest BCUT2D eigenvalue weighted by Crippen LogP contribution is 2.46. The molecule has 0 N–H and O–H groups in total. The van der Waals surface area contributed by atoms with Crippen molar-refractivity contribution in [2.45, 2.75) is 32.2 Å². The van der Waals surface area contributed by atoms with E-state index in [1.807, 2.05) is 16.4 Å². The molecule has 4 rings (SSSR count). The zero-order valence-electron chi connectivity index (χ0n) is 17.4. The molecular weight excluding hydrogens is 417 g/mol. The molecule has 0 atom stereocenters. The molecule has 0 bridgehead atoms. The molecule has 2 aromatic carbocycles. The third kappa shape index (κ3) is 4.16. The molecule has 0 spiro atoms. The zero-order chi connectivity index (χ0) is 21.3. The van der Waals surface area contributed by atoms with Crippen molar-refractivity contribution in [1.29, 1.82) is 0 Å². The number of allylic oxidation sites excluding steroid dienone is 2. The van der Waals surface area contributed by atoms with Gasteiger partial charge in [-0.05, 0) is 61.7 Å². The van der Waals surface area contributed by atoms with Crippen molar-refractivity contribution in [3.63, 3.8) is 0 Å². The van der Waals surface area contributed by atoms with Crippen LogP contribution in [0.4, 0.5) is 14.5 Å². The fraction of sp³-hybridized carbons (Fsp3) is 0.292. The summed E-state index contributed by atoms with van der Waals surface area (Å²) in [7, 11) is 0. The molecule has 1 aromatic heterocycles. The minimum Gasteiger partial charge on any atom is -0.332 e. The number of halogens is 2. The quantitative estimate of drug-likeness (QED) is 0.397. The molecule has 0 fully saturated rings. The highest BCUT2D eigenvalue weighted by Gasteiger charge is 2.25. The number of anilines is 1. The van der Waals surface area contributed by atoms with E-state index >= 15 is 0 Å². The Morgan fingerprint density at radius 1 is 1.07 bits per heavy atom. The van der Waals surface area contributed by atoms with Crippen LogP contribution < -0.4 is 9.47 Å². The highest BCUT2D eigenvalue weighted by atomic mass is 32.2. The van der Waals surface area contributed by atoms with Crippen LogP contribution >= 0.6 is 23.1 Å². The molecule has 1 aliphatic heterocycles. The van der Waals surface area contributed by atoms with Crippen molar-refractivity contribution in [1.82, 2.24) is 0 Å². The first kappa shape index (κ1) is 21.1. The largest absolute Gasteiger partial charge is 0.332 e. The number of nitrogens with zero attached hydrogens (tertiary/aromatic N) is 2. The van der Waals surface area contributed by atoms with Crippen molar-refractivity contribution in [3.8, 4) is 0 Å². The maximum atomic E-state index is 13.3. The molecule has 30 heavy (non-hydrogen) atoms. The van der Waals surface area contributed by atoms with E-state index in [-0.39, 0.29) is 0 Å². The predicted octanol–water partition coefficient (Wildman–Crippen LogP) is 6.60. The Morgan fingerprint density at radius 3 is 2.60 bits per heavy atom. The molecule has 156 valence electrons. The molecule has 3 aromatic rings. The zero-order valence-corrected chi connectivity index (χ0v) is 19.0. The second-order valence-corrected chi connectivity index (χ2v) is 9.66. The number of fused-ring (bicyclic) bond motifs is 2. The maximum Gasteiger partial charge on any atom is 0.263 e. The van der Waals surface area contributed by atoms with E-state index in [4.69, 9.17) is 0 Å². The first-order valence-electron chi connectivity index (χ1n) is 10.0. The maximum absolute atomic E-state index is 13.3. The Labute approximate surface area is 184 Å². The van der Waals surface area contributed by atoms with Gasteiger partial charge in [0.15, 0.2) is 6.54 Å². The number of aromatic nitrogens is 1. The molecule has 0 saturated carbocycles. The molecule has 0 amide bonds. The molecule has 2 nitrogen and oxygen atoms in total. The topological polar surface area (TPSA) is 7.12 Å². The molecule has 0 unspecified atom stereocenters. The number of thioether (sulfide) groups is 1. The Kier molecular flexibility index (Phi) is 6.25. The number of rotatable bonds is 6.